The van der Waals surface area contributed by atoms with E-state index in [1.165, 1.54) is 0 Å². The number of benzene rings is 2. The number of guanidine groups is 2. The predicted octanol–water partition coefficient (Wildman–Crippen LogP) is -2.44. The fourth-order valence-corrected chi connectivity index (χ4v) is 9.51. The normalized spacial score (nSPS) is 22.0. The van der Waals surface area contributed by atoms with Crippen molar-refractivity contribution in [1.29, 1.82) is 0 Å². The van der Waals surface area contributed by atoms with Crippen LogP contribution in [0, 0.1) is 5.92 Å². The van der Waals surface area contributed by atoms with E-state index in [2.05, 4.69) is 57.5 Å². The number of primary amides is 1. The van der Waals surface area contributed by atoms with E-state index in [4.69, 9.17) is 34.4 Å². The first-order chi connectivity index (χ1) is 37.9. The number of carbonyl (C=O) groups is 9. The summed E-state index contributed by atoms with van der Waals surface area (Å²) in [5.74, 6) is -7.58. The van der Waals surface area contributed by atoms with Crippen molar-refractivity contribution in [3.63, 3.8) is 0 Å². The van der Waals surface area contributed by atoms with Crippen LogP contribution in [-0.2, 0) is 56.0 Å². The number of para-hydroxylation sites is 1. The summed E-state index contributed by atoms with van der Waals surface area (Å²) in [4.78, 5) is 138. The minimum Gasteiger partial charge on any atom is -0.370 e. The number of nitrogens with one attached hydrogen (secondary N) is 9. The first-order valence-electron chi connectivity index (χ1n) is 27.0. The second kappa shape index (κ2) is 31.8. The van der Waals surface area contributed by atoms with Crippen LogP contribution in [0.3, 0.4) is 0 Å². The molecule has 1 aliphatic heterocycles. The molecule has 430 valence electrons. The summed E-state index contributed by atoms with van der Waals surface area (Å²) < 4.78 is 0. The van der Waals surface area contributed by atoms with E-state index >= 15 is 0 Å². The molecule has 9 amide bonds. The summed E-state index contributed by atoms with van der Waals surface area (Å²) in [6.45, 7) is 0.0721. The lowest BCUT2D eigenvalue weighted by atomic mass is 9.88. The smallest absolute Gasteiger partial charge is 0.243 e. The van der Waals surface area contributed by atoms with E-state index in [9.17, 15) is 43.2 Å². The first kappa shape index (κ1) is 61.6. The summed E-state index contributed by atoms with van der Waals surface area (Å²) in [6.07, 6.45) is 5.64. The molecule has 2 heterocycles. The van der Waals surface area contributed by atoms with Crippen LogP contribution in [0.1, 0.15) is 101 Å². The van der Waals surface area contributed by atoms with Crippen LogP contribution in [0.4, 0.5) is 0 Å². The van der Waals surface area contributed by atoms with Gasteiger partial charge in [-0.15, -0.1) is 0 Å². The lowest BCUT2D eigenvalue weighted by Gasteiger charge is -2.28. The van der Waals surface area contributed by atoms with Crippen molar-refractivity contribution >= 4 is 76.0 Å². The molecular weight excluding hydrogens is 1020 g/mol. The molecule has 26 nitrogen and oxygen atoms in total. The number of amides is 9. The van der Waals surface area contributed by atoms with Crippen LogP contribution in [0.5, 0.6) is 0 Å². The van der Waals surface area contributed by atoms with Crippen LogP contribution in [0.25, 0.3) is 10.9 Å². The number of aromatic amines is 1. The maximum absolute atomic E-state index is 14.7. The minimum atomic E-state index is -1.62. The van der Waals surface area contributed by atoms with Gasteiger partial charge < -0.3 is 81.9 Å². The van der Waals surface area contributed by atoms with Crippen molar-refractivity contribution in [1.82, 2.24) is 47.5 Å². The summed E-state index contributed by atoms with van der Waals surface area (Å²) in [5.41, 5.74) is 36.1. The molecule has 1 saturated heterocycles. The van der Waals surface area contributed by atoms with Crippen LogP contribution in [0.15, 0.2) is 70.8 Å². The van der Waals surface area contributed by atoms with Gasteiger partial charge in [-0.3, -0.25) is 53.1 Å². The maximum atomic E-state index is 14.7. The third kappa shape index (κ3) is 20.5. The van der Waals surface area contributed by atoms with Crippen molar-refractivity contribution in [2.75, 3.05) is 26.2 Å². The number of hydrogen-bond acceptors (Lipinski definition) is 12. The molecule has 3 aromatic rings. The second-order valence-electron chi connectivity index (χ2n) is 19.9. The summed E-state index contributed by atoms with van der Waals surface area (Å²) in [6, 6.07) is 6.44. The van der Waals surface area contributed by atoms with Crippen molar-refractivity contribution < 1.29 is 43.2 Å². The fourth-order valence-electron chi connectivity index (χ4n) is 9.51. The van der Waals surface area contributed by atoms with E-state index in [0.717, 1.165) is 30.2 Å². The Hall–Kier alpha value is -8.29. The number of aromatic nitrogens is 1. The average molecular weight is 1100 g/mol. The molecule has 2 fully saturated rings. The van der Waals surface area contributed by atoms with Gasteiger partial charge in [-0.25, -0.2) is 0 Å². The van der Waals surface area contributed by atoms with E-state index in [-0.39, 0.29) is 114 Å². The van der Waals surface area contributed by atoms with Crippen LogP contribution >= 0.6 is 0 Å². The zero-order valence-electron chi connectivity index (χ0n) is 44.6. The van der Waals surface area contributed by atoms with E-state index in [1.54, 1.807) is 36.5 Å². The fraction of sp³-hybridized carbons (Fsp3) is 0.528. The van der Waals surface area contributed by atoms with Gasteiger partial charge >= 0.3 is 0 Å². The van der Waals surface area contributed by atoms with Crippen LogP contribution in [-0.4, -0.2) is 139 Å². The minimum absolute atomic E-state index is 0.0251. The van der Waals surface area contributed by atoms with Crippen molar-refractivity contribution in [2.24, 2.45) is 50.3 Å². The molecular formula is C53H79N17O9. The largest absolute Gasteiger partial charge is 0.370 e. The van der Waals surface area contributed by atoms with Crippen LogP contribution < -0.4 is 76.9 Å². The van der Waals surface area contributed by atoms with Gasteiger partial charge in [-0.2, -0.15) is 0 Å². The number of aliphatic imine (C=N–C) groups is 2. The van der Waals surface area contributed by atoms with Gasteiger partial charge in [0.05, 0.1) is 6.42 Å². The molecule has 1 saturated carbocycles. The third-order valence-corrected chi connectivity index (χ3v) is 13.8. The zero-order valence-corrected chi connectivity index (χ0v) is 44.6. The number of rotatable bonds is 19. The molecule has 0 radical (unpaired) electrons. The van der Waals surface area contributed by atoms with Crippen LogP contribution in [0.2, 0.25) is 0 Å². The Morgan fingerprint density at radius 1 is 0.633 bits per heavy atom. The topological polar surface area (TPSA) is 446 Å². The lowest BCUT2D eigenvalue weighted by molar-refractivity contribution is -0.137. The Morgan fingerprint density at radius 2 is 1.22 bits per heavy atom. The third-order valence-electron chi connectivity index (χ3n) is 13.8. The van der Waals surface area contributed by atoms with Crippen molar-refractivity contribution in [3.05, 3.63) is 71.9 Å². The Labute approximate surface area is 458 Å². The number of carbonyl (C=O) groups excluding carboxylic acids is 9. The molecule has 2 aromatic carbocycles. The molecule has 7 atom stereocenters. The number of nitrogens with two attached hydrogens (primary N) is 6. The Bertz CT molecular complexity index is 2610. The monoisotopic (exact) mass is 1100 g/mol. The average Bonchev–Trinajstić information content (AvgIpc) is 3.83. The number of hydrogen-bond donors (Lipinski definition) is 15. The standard InChI is InChI=1S/C53H79N17O9/c54-23-22-39-48(76)68-40(27-31-13-3-1-4-14-31)49(77)66-38(21-12-26-62-53(58)59)47(75)69-41(28-33-30-63-35-18-8-7-17-34(33)35)50(78)64-36(44(55)72)19-9-10-24-60-43(71)29-42(51(79)67-39)70-46(74)37(20-11-25-61-52(56)57)65-45(73)32-15-5-2-6-16-32/h1,3-4,7-8,13-14,17-18,30,32,36-42,63H,2,5-6,9-12,15-16,19-29,54H2,(H2,55,72)(H,60,71)(H,64,78)(H,65,73)(H,66,77)(H,67,79)(H,68,76)(H,69,75)(H,70,74)(H4,56,57,61)(H4,58,59,62)/t36-,37-,38-,39-,40+,41-,42-/m0/s1. The van der Waals surface area contributed by atoms with Gasteiger partial charge in [-0.1, -0.05) is 67.8 Å². The second-order valence-corrected chi connectivity index (χ2v) is 19.9. The highest BCUT2D eigenvalue weighted by Crippen LogP contribution is 2.24. The summed E-state index contributed by atoms with van der Waals surface area (Å²) in [7, 11) is 0. The highest BCUT2D eigenvalue weighted by atomic mass is 16.2. The summed E-state index contributed by atoms with van der Waals surface area (Å²) in [5, 5.41) is 22.5. The quantitative estimate of drug-likeness (QED) is 0.0337. The van der Waals surface area contributed by atoms with Crippen molar-refractivity contribution in [3.8, 4) is 0 Å². The predicted molar refractivity (Wildman–Crippen MR) is 296 cm³/mol. The molecule has 2 aliphatic rings. The van der Waals surface area contributed by atoms with Gasteiger partial charge in [0.25, 0.3) is 0 Å². The van der Waals surface area contributed by atoms with E-state index in [1.807, 2.05) is 24.3 Å². The molecule has 0 spiro atoms. The van der Waals surface area contributed by atoms with E-state index < -0.39 is 96.0 Å². The number of H-pyrrole nitrogens is 1. The zero-order chi connectivity index (χ0) is 57.3. The van der Waals surface area contributed by atoms with Gasteiger partial charge in [0.2, 0.25) is 53.2 Å². The highest BCUT2D eigenvalue weighted by molar-refractivity contribution is 5.99. The SMILES string of the molecule is NCC[C@@H]1NC(=O)[C@@H](NC(=O)[C@H](CCCN=C(N)N)NC(=O)C2CCCCC2)CC(=O)NCCCC[C@@H](C(N)=O)NC(=O)[C@H](Cc2c[nH]c3ccccc23)NC(=O)[C@H](CCCN=C(N)N)NC(=O)[C@@H](Cc2ccccc2)NC1=O. The molecule has 5 rings (SSSR count). The molecule has 1 aromatic heterocycles. The highest BCUT2D eigenvalue weighted by Gasteiger charge is 2.36. The van der Waals surface area contributed by atoms with Crippen molar-refractivity contribution in [2.45, 2.75) is 145 Å². The molecule has 79 heavy (non-hydrogen) atoms. The molecule has 26 heteroatoms. The van der Waals surface area contributed by atoms with E-state index in [0.29, 0.717) is 24.0 Å². The Kier molecular flexibility index (Phi) is 24.8. The summed E-state index contributed by atoms with van der Waals surface area (Å²) >= 11 is 0. The lowest BCUT2D eigenvalue weighted by Crippen LogP contribution is -2.61. The molecule has 1 aliphatic carbocycles. The van der Waals surface area contributed by atoms with Gasteiger partial charge in [0.1, 0.15) is 42.3 Å². The van der Waals surface area contributed by atoms with Gasteiger partial charge in [-0.05, 0) is 87.9 Å². The maximum Gasteiger partial charge on any atom is 0.243 e. The Morgan fingerprint density at radius 3 is 1.89 bits per heavy atom. The molecule has 0 bridgehead atoms. The van der Waals surface area contributed by atoms with Gasteiger partial charge in [0, 0.05) is 55.5 Å². The Balaban J connectivity index is 1.50. The van der Waals surface area contributed by atoms with Gasteiger partial charge in [0.15, 0.2) is 11.9 Å². The molecule has 0 unspecified atom stereocenters. The number of nitrogens with zero attached hydrogens (tertiary/aromatic N) is 2. The number of fused-ring (bicyclic) bond motifs is 1. The first-order valence-corrected chi connectivity index (χ1v) is 27.0. The molecule has 21 N–H and O–H groups in total.